The molecule has 4 heteroatoms. The number of hydrogen-bond donors (Lipinski definition) is 1. The number of methoxy groups -OCH3 is 1. The Balaban J connectivity index is 2.46. The molecule has 0 bridgehead atoms. The molecule has 2 aromatic rings. The Bertz CT molecular complexity index is 537. The average Bonchev–Trinajstić information content (AvgIpc) is 2.70. The number of hydrogen-bond acceptors (Lipinski definition) is 4. The number of anilines is 1. The van der Waals surface area contributed by atoms with Crippen LogP contribution in [-0.2, 0) is 0 Å². The number of thiophene rings is 1. The van der Waals surface area contributed by atoms with Crippen LogP contribution in [0.3, 0.4) is 0 Å². The number of rotatable bonds is 2. The number of ether oxygens (including phenoxy) is 1. The van der Waals surface area contributed by atoms with Gasteiger partial charge in [0.05, 0.1) is 12.1 Å². The van der Waals surface area contributed by atoms with Crippen molar-refractivity contribution in [2.24, 2.45) is 0 Å². The molecular weight excluding hydrogens is 220 g/mol. The molecule has 0 aliphatic heterocycles. The Labute approximate surface area is 97.7 Å². The van der Waals surface area contributed by atoms with Gasteiger partial charge in [0.15, 0.2) is 0 Å². The normalized spacial score (nSPS) is 9.75. The summed E-state index contributed by atoms with van der Waals surface area (Å²) in [4.78, 5) is 0.641. The van der Waals surface area contributed by atoms with E-state index in [9.17, 15) is 0 Å². The highest BCUT2D eigenvalue weighted by Gasteiger charge is 2.08. The number of nitrogens with zero attached hydrogens (tertiary/aromatic N) is 1. The highest BCUT2D eigenvalue weighted by Crippen LogP contribution is 2.33. The van der Waals surface area contributed by atoms with Gasteiger partial charge < -0.3 is 10.5 Å². The zero-order valence-electron chi connectivity index (χ0n) is 8.73. The lowest BCUT2D eigenvalue weighted by Gasteiger charge is -2.01. The molecule has 0 saturated heterocycles. The first-order chi connectivity index (χ1) is 7.74. The predicted molar refractivity (Wildman–Crippen MR) is 65.4 cm³/mol. The summed E-state index contributed by atoms with van der Waals surface area (Å²) in [6, 6.07) is 11.5. The van der Waals surface area contributed by atoms with E-state index in [1.54, 1.807) is 7.11 Å². The van der Waals surface area contributed by atoms with Gasteiger partial charge in [0.25, 0.3) is 0 Å². The third kappa shape index (κ3) is 1.86. The predicted octanol–water partition coefficient (Wildman–Crippen LogP) is 2.88. The van der Waals surface area contributed by atoms with Crippen LogP contribution >= 0.6 is 11.3 Å². The van der Waals surface area contributed by atoms with Crippen molar-refractivity contribution in [2.75, 3.05) is 12.8 Å². The third-order valence-corrected chi connectivity index (χ3v) is 3.12. The van der Waals surface area contributed by atoms with Gasteiger partial charge in [0.1, 0.15) is 16.7 Å². The van der Waals surface area contributed by atoms with Crippen molar-refractivity contribution < 1.29 is 4.74 Å². The van der Waals surface area contributed by atoms with E-state index in [0.29, 0.717) is 9.88 Å². The fourth-order valence-electron chi connectivity index (χ4n) is 1.48. The van der Waals surface area contributed by atoms with Crippen molar-refractivity contribution in [3.05, 3.63) is 35.2 Å². The molecule has 80 valence electrons. The molecule has 2 rings (SSSR count). The van der Waals surface area contributed by atoms with Gasteiger partial charge in [-0.15, -0.1) is 11.3 Å². The molecule has 1 aromatic heterocycles. The monoisotopic (exact) mass is 230 g/mol. The van der Waals surface area contributed by atoms with E-state index in [1.165, 1.54) is 11.3 Å². The molecule has 1 heterocycles. The Kier molecular flexibility index (Phi) is 2.80. The Morgan fingerprint density at radius 3 is 2.56 bits per heavy atom. The van der Waals surface area contributed by atoms with Crippen LogP contribution in [0, 0.1) is 11.3 Å². The minimum absolute atomic E-state index is 0.641. The molecule has 16 heavy (non-hydrogen) atoms. The molecule has 1 aromatic carbocycles. The molecule has 0 aliphatic rings. The van der Waals surface area contributed by atoms with E-state index >= 15 is 0 Å². The Morgan fingerprint density at radius 1 is 1.31 bits per heavy atom. The molecule has 0 aliphatic carbocycles. The van der Waals surface area contributed by atoms with E-state index in [0.717, 1.165) is 16.9 Å². The Morgan fingerprint density at radius 2 is 2.00 bits per heavy atom. The molecule has 3 nitrogen and oxygen atoms in total. The number of nitrogens with two attached hydrogens (primary N) is 1. The molecule has 0 radical (unpaired) electrons. The minimum Gasteiger partial charge on any atom is -0.497 e. The van der Waals surface area contributed by atoms with Crippen molar-refractivity contribution in [2.45, 2.75) is 0 Å². The van der Waals surface area contributed by atoms with Crippen LogP contribution in [-0.4, -0.2) is 7.11 Å². The van der Waals surface area contributed by atoms with E-state index in [-0.39, 0.29) is 0 Å². The molecule has 0 spiro atoms. The third-order valence-electron chi connectivity index (χ3n) is 2.25. The highest BCUT2D eigenvalue weighted by atomic mass is 32.1. The van der Waals surface area contributed by atoms with E-state index in [1.807, 2.05) is 30.3 Å². The van der Waals surface area contributed by atoms with Gasteiger partial charge in [-0.2, -0.15) is 5.26 Å². The summed E-state index contributed by atoms with van der Waals surface area (Å²) >= 11 is 1.30. The fraction of sp³-hybridized carbons (Fsp3) is 0.0833. The van der Waals surface area contributed by atoms with Crippen LogP contribution in [0.4, 0.5) is 5.00 Å². The summed E-state index contributed by atoms with van der Waals surface area (Å²) in [6.07, 6.45) is 0. The summed E-state index contributed by atoms with van der Waals surface area (Å²) in [5, 5.41) is 9.63. The zero-order chi connectivity index (χ0) is 11.5. The molecule has 2 N–H and O–H groups in total. The lowest BCUT2D eigenvalue weighted by molar-refractivity contribution is 0.415. The second kappa shape index (κ2) is 4.25. The number of benzene rings is 1. The number of nitriles is 1. The molecule has 0 fully saturated rings. The largest absolute Gasteiger partial charge is 0.497 e. The molecule has 0 amide bonds. The maximum atomic E-state index is 8.97. The number of nitrogen functional groups attached to an aromatic ring is 1. The van der Waals surface area contributed by atoms with Crippen molar-refractivity contribution in [1.29, 1.82) is 5.26 Å². The van der Waals surface area contributed by atoms with E-state index in [4.69, 9.17) is 15.7 Å². The average molecular weight is 230 g/mol. The Hall–Kier alpha value is -1.99. The van der Waals surface area contributed by atoms with Crippen molar-refractivity contribution in [3.63, 3.8) is 0 Å². The molecule has 0 atom stereocenters. The first-order valence-corrected chi connectivity index (χ1v) is 5.50. The second-order valence-corrected chi connectivity index (χ2v) is 4.32. The van der Waals surface area contributed by atoms with E-state index < -0.39 is 0 Å². The van der Waals surface area contributed by atoms with Gasteiger partial charge in [0.2, 0.25) is 0 Å². The topological polar surface area (TPSA) is 59.0 Å². The SMILES string of the molecule is COc1ccc(-c2cc(N)sc2C#N)cc1. The van der Waals surface area contributed by atoms with Gasteiger partial charge in [-0.25, -0.2) is 0 Å². The summed E-state index contributed by atoms with van der Waals surface area (Å²) in [7, 11) is 1.62. The quantitative estimate of drug-likeness (QED) is 0.863. The van der Waals surface area contributed by atoms with Crippen LogP contribution in [0.5, 0.6) is 5.75 Å². The first kappa shape index (κ1) is 10.5. The van der Waals surface area contributed by atoms with Gasteiger partial charge in [0, 0.05) is 5.56 Å². The van der Waals surface area contributed by atoms with Crippen LogP contribution < -0.4 is 10.5 Å². The summed E-state index contributed by atoms with van der Waals surface area (Å²) in [5.74, 6) is 0.797. The lowest BCUT2D eigenvalue weighted by atomic mass is 10.1. The molecule has 0 saturated carbocycles. The van der Waals surface area contributed by atoms with Crippen LogP contribution in [0.25, 0.3) is 11.1 Å². The molecular formula is C12H10N2OS. The van der Waals surface area contributed by atoms with Gasteiger partial charge >= 0.3 is 0 Å². The zero-order valence-corrected chi connectivity index (χ0v) is 9.54. The lowest BCUT2D eigenvalue weighted by Crippen LogP contribution is -1.82. The fourth-order valence-corrected chi connectivity index (χ4v) is 2.22. The van der Waals surface area contributed by atoms with Crippen LogP contribution in [0.1, 0.15) is 4.88 Å². The van der Waals surface area contributed by atoms with Crippen molar-refractivity contribution in [3.8, 4) is 22.9 Å². The maximum Gasteiger partial charge on any atom is 0.118 e. The van der Waals surface area contributed by atoms with Crippen molar-refractivity contribution >= 4 is 16.3 Å². The smallest absolute Gasteiger partial charge is 0.118 e. The van der Waals surface area contributed by atoms with Gasteiger partial charge in [-0.05, 0) is 23.8 Å². The highest BCUT2D eigenvalue weighted by molar-refractivity contribution is 7.16. The summed E-state index contributed by atoms with van der Waals surface area (Å²) < 4.78 is 5.08. The standard InChI is InChI=1S/C12H10N2OS/c1-15-9-4-2-8(3-5-9)10-6-12(14)16-11(10)7-13/h2-6H,14H2,1H3. The van der Waals surface area contributed by atoms with E-state index in [2.05, 4.69) is 6.07 Å². The molecule has 0 unspecified atom stereocenters. The van der Waals surface area contributed by atoms with Crippen LogP contribution in [0.15, 0.2) is 30.3 Å². The first-order valence-electron chi connectivity index (χ1n) is 4.68. The maximum absolute atomic E-state index is 8.97. The minimum atomic E-state index is 0.641. The van der Waals surface area contributed by atoms with Crippen molar-refractivity contribution in [1.82, 2.24) is 0 Å². The van der Waals surface area contributed by atoms with Crippen LogP contribution in [0.2, 0.25) is 0 Å². The second-order valence-electron chi connectivity index (χ2n) is 3.23. The summed E-state index contributed by atoms with van der Waals surface area (Å²) in [5.41, 5.74) is 7.55. The summed E-state index contributed by atoms with van der Waals surface area (Å²) in [6.45, 7) is 0. The van der Waals surface area contributed by atoms with Gasteiger partial charge in [-0.3, -0.25) is 0 Å². The van der Waals surface area contributed by atoms with Gasteiger partial charge in [-0.1, -0.05) is 12.1 Å².